The van der Waals surface area contributed by atoms with Crippen LogP contribution < -0.4 is 11.8 Å². The van der Waals surface area contributed by atoms with E-state index in [2.05, 4.69) is 15.1 Å². The van der Waals surface area contributed by atoms with Crippen LogP contribution in [0.15, 0.2) is 10.3 Å². The third-order valence-electron chi connectivity index (χ3n) is 2.02. The van der Waals surface area contributed by atoms with E-state index in [4.69, 9.17) is 26.3 Å². The average molecular weight is 276 g/mol. The van der Waals surface area contributed by atoms with Crippen LogP contribution in [0.4, 0.5) is 0 Å². The number of oxime groups is 2. The van der Waals surface area contributed by atoms with Gasteiger partial charge in [-0.15, -0.1) is 0 Å². The Morgan fingerprint density at radius 3 is 1.95 bits per heavy atom. The van der Waals surface area contributed by atoms with Gasteiger partial charge in [0.1, 0.15) is 6.61 Å². The lowest BCUT2D eigenvalue weighted by molar-refractivity contribution is -0.153. The van der Waals surface area contributed by atoms with E-state index in [-0.39, 0.29) is 6.61 Å². The van der Waals surface area contributed by atoms with E-state index in [0.29, 0.717) is 0 Å². The SMILES string of the molecule is CC(C)=NOC(C)C(ON)C(CON)ON=C(C)C. The van der Waals surface area contributed by atoms with Gasteiger partial charge in [0.05, 0.1) is 11.4 Å². The van der Waals surface area contributed by atoms with E-state index in [9.17, 15) is 0 Å². The standard InChI is InChI=1S/C11H24N4O4/c1-7(2)14-18-9(5)11(17-13)10(6-16-12)19-15-8(3)4/h9-11H,6,12-13H2,1-5H3. The molecule has 19 heavy (non-hydrogen) atoms. The zero-order chi connectivity index (χ0) is 14.8. The van der Waals surface area contributed by atoms with E-state index in [1.54, 1.807) is 20.8 Å². The van der Waals surface area contributed by atoms with Crippen LogP contribution >= 0.6 is 0 Å². The van der Waals surface area contributed by atoms with Crippen molar-refractivity contribution in [2.75, 3.05) is 6.61 Å². The molecule has 4 N–H and O–H groups in total. The molecule has 0 aliphatic carbocycles. The molecule has 0 rings (SSSR count). The summed E-state index contributed by atoms with van der Waals surface area (Å²) in [5.41, 5.74) is 1.52. The third-order valence-corrected chi connectivity index (χ3v) is 2.02. The number of hydrogen-bond acceptors (Lipinski definition) is 8. The van der Waals surface area contributed by atoms with Crippen molar-refractivity contribution in [1.29, 1.82) is 0 Å². The fourth-order valence-electron chi connectivity index (χ4n) is 1.20. The van der Waals surface area contributed by atoms with Crippen molar-refractivity contribution in [3.05, 3.63) is 0 Å². The Balaban J connectivity index is 4.71. The molecule has 0 aromatic carbocycles. The van der Waals surface area contributed by atoms with Crippen LogP contribution in [0, 0.1) is 0 Å². The molecule has 0 radical (unpaired) electrons. The fraction of sp³-hybridized carbons (Fsp3) is 0.818. The lowest BCUT2D eigenvalue weighted by atomic mass is 10.1. The summed E-state index contributed by atoms with van der Waals surface area (Å²) < 4.78 is 0. The molecule has 0 bridgehead atoms. The number of rotatable bonds is 9. The summed E-state index contributed by atoms with van der Waals surface area (Å²) in [5, 5.41) is 7.69. The van der Waals surface area contributed by atoms with Crippen LogP contribution in [-0.2, 0) is 19.4 Å². The summed E-state index contributed by atoms with van der Waals surface area (Å²) in [6.45, 7) is 9.02. The van der Waals surface area contributed by atoms with Gasteiger partial charge in [-0.3, -0.25) is 4.84 Å². The molecule has 0 fully saturated rings. The Bertz CT molecular complexity index is 301. The molecule has 112 valence electrons. The van der Waals surface area contributed by atoms with Crippen LogP contribution in [0.5, 0.6) is 0 Å². The highest BCUT2D eigenvalue weighted by Gasteiger charge is 2.32. The predicted molar refractivity (Wildman–Crippen MR) is 72.2 cm³/mol. The molecule has 0 aromatic rings. The number of hydrogen-bond donors (Lipinski definition) is 2. The fourth-order valence-corrected chi connectivity index (χ4v) is 1.20. The third kappa shape index (κ3) is 7.73. The first-order valence-corrected chi connectivity index (χ1v) is 5.93. The van der Waals surface area contributed by atoms with Crippen LogP contribution in [0.25, 0.3) is 0 Å². The Hall–Kier alpha value is -1.22. The summed E-state index contributed by atoms with van der Waals surface area (Å²) >= 11 is 0. The summed E-state index contributed by atoms with van der Waals surface area (Å²) in [7, 11) is 0. The monoisotopic (exact) mass is 276 g/mol. The minimum absolute atomic E-state index is 0.0567. The van der Waals surface area contributed by atoms with Gasteiger partial charge in [0.25, 0.3) is 0 Å². The van der Waals surface area contributed by atoms with Crippen molar-refractivity contribution >= 4 is 11.4 Å². The van der Waals surface area contributed by atoms with Crippen molar-refractivity contribution in [2.24, 2.45) is 22.1 Å². The molecule has 0 aromatic heterocycles. The van der Waals surface area contributed by atoms with E-state index < -0.39 is 18.3 Å². The van der Waals surface area contributed by atoms with E-state index in [1.165, 1.54) is 0 Å². The minimum atomic E-state index is -0.630. The van der Waals surface area contributed by atoms with Crippen molar-refractivity contribution in [3.8, 4) is 0 Å². The first kappa shape index (κ1) is 17.8. The molecular formula is C11H24N4O4. The van der Waals surface area contributed by atoms with Gasteiger partial charge >= 0.3 is 0 Å². The summed E-state index contributed by atoms with van der Waals surface area (Å²) in [4.78, 5) is 20.0. The minimum Gasteiger partial charge on any atom is -0.390 e. The molecule has 0 heterocycles. The largest absolute Gasteiger partial charge is 0.390 e. The zero-order valence-corrected chi connectivity index (χ0v) is 12.1. The highest BCUT2D eigenvalue weighted by molar-refractivity contribution is 5.78. The van der Waals surface area contributed by atoms with Crippen LogP contribution in [-0.4, -0.2) is 36.3 Å². The quantitative estimate of drug-likeness (QED) is 0.473. The van der Waals surface area contributed by atoms with Crippen molar-refractivity contribution in [2.45, 2.75) is 52.9 Å². The molecule has 0 saturated heterocycles. The molecule has 8 heteroatoms. The molecule has 3 atom stereocenters. The van der Waals surface area contributed by atoms with Gasteiger partial charge < -0.3 is 14.5 Å². The van der Waals surface area contributed by atoms with Gasteiger partial charge in [-0.25, -0.2) is 11.8 Å². The second-order valence-corrected chi connectivity index (χ2v) is 4.47. The maximum absolute atomic E-state index is 5.27. The highest BCUT2D eigenvalue weighted by atomic mass is 16.7. The number of nitrogens with zero attached hydrogens (tertiary/aromatic N) is 2. The van der Waals surface area contributed by atoms with Gasteiger partial charge in [0.15, 0.2) is 18.3 Å². The smallest absolute Gasteiger partial charge is 0.184 e. The molecule has 0 saturated carbocycles. The Labute approximate surface area is 113 Å². The molecule has 3 unspecified atom stereocenters. The van der Waals surface area contributed by atoms with Crippen LogP contribution in [0.1, 0.15) is 34.6 Å². The molecule has 8 nitrogen and oxygen atoms in total. The van der Waals surface area contributed by atoms with Gasteiger partial charge in [-0.1, -0.05) is 10.3 Å². The lowest BCUT2D eigenvalue weighted by Gasteiger charge is -2.26. The van der Waals surface area contributed by atoms with E-state index in [1.807, 2.05) is 13.8 Å². The Kier molecular flexibility index (Phi) is 9.06. The maximum atomic E-state index is 5.27. The van der Waals surface area contributed by atoms with Crippen molar-refractivity contribution in [3.63, 3.8) is 0 Å². The second kappa shape index (κ2) is 9.68. The average Bonchev–Trinajstić information content (AvgIpc) is 2.34. The molecule has 0 aliphatic heterocycles. The summed E-state index contributed by atoms with van der Waals surface area (Å²) in [6, 6.07) is 0. The normalized spacial score (nSPS) is 15.1. The molecule has 0 aliphatic rings. The van der Waals surface area contributed by atoms with E-state index in [0.717, 1.165) is 11.4 Å². The summed E-state index contributed by atoms with van der Waals surface area (Å²) in [5.74, 6) is 10.3. The van der Waals surface area contributed by atoms with Crippen molar-refractivity contribution < 1.29 is 19.4 Å². The maximum Gasteiger partial charge on any atom is 0.184 e. The van der Waals surface area contributed by atoms with Gasteiger partial charge in [-0.05, 0) is 34.6 Å². The van der Waals surface area contributed by atoms with Gasteiger partial charge in [0.2, 0.25) is 0 Å². The first-order chi connectivity index (χ1) is 8.92. The summed E-state index contributed by atoms with van der Waals surface area (Å²) in [6.07, 6.45) is -1.69. The van der Waals surface area contributed by atoms with Crippen LogP contribution in [0.3, 0.4) is 0 Å². The topological polar surface area (TPSA) is 114 Å². The lowest BCUT2D eigenvalue weighted by Crippen LogP contribution is -2.44. The predicted octanol–water partition coefficient (Wildman–Crippen LogP) is 0.718. The van der Waals surface area contributed by atoms with Crippen molar-refractivity contribution in [1.82, 2.24) is 0 Å². The van der Waals surface area contributed by atoms with E-state index >= 15 is 0 Å². The number of nitrogens with two attached hydrogens (primary N) is 2. The Morgan fingerprint density at radius 1 is 1.00 bits per heavy atom. The van der Waals surface area contributed by atoms with Crippen LogP contribution in [0.2, 0.25) is 0 Å². The van der Waals surface area contributed by atoms with Gasteiger partial charge in [0, 0.05) is 0 Å². The Morgan fingerprint density at radius 2 is 1.53 bits per heavy atom. The molecular weight excluding hydrogens is 252 g/mol. The molecule has 0 spiro atoms. The second-order valence-electron chi connectivity index (χ2n) is 4.47. The zero-order valence-electron chi connectivity index (χ0n) is 12.1. The first-order valence-electron chi connectivity index (χ1n) is 5.93. The molecule has 0 amide bonds. The highest BCUT2D eigenvalue weighted by Crippen LogP contribution is 2.12. The van der Waals surface area contributed by atoms with Gasteiger partial charge in [-0.2, -0.15) is 0 Å².